The van der Waals surface area contributed by atoms with Crippen LogP contribution in [0.25, 0.3) is 0 Å². The van der Waals surface area contributed by atoms with Crippen LogP contribution in [0.15, 0.2) is 54.6 Å². The highest BCUT2D eigenvalue weighted by Gasteiger charge is 2.20. The van der Waals surface area contributed by atoms with Crippen molar-refractivity contribution < 1.29 is 13.9 Å². The Kier molecular flexibility index (Phi) is 4.13. The summed E-state index contributed by atoms with van der Waals surface area (Å²) in [6, 6.07) is 14.4. The summed E-state index contributed by atoms with van der Waals surface area (Å²) in [7, 11) is 1.32. The molecule has 19 heavy (non-hydrogen) atoms. The van der Waals surface area contributed by atoms with Crippen molar-refractivity contribution in [1.82, 2.24) is 0 Å². The number of hydrogen-bond acceptors (Lipinski definition) is 3. The highest BCUT2D eigenvalue weighted by atomic mass is 19.1. The van der Waals surface area contributed by atoms with Gasteiger partial charge in [-0.15, -0.1) is 0 Å². The molecule has 4 heteroatoms. The van der Waals surface area contributed by atoms with Gasteiger partial charge in [0.1, 0.15) is 5.82 Å². The van der Waals surface area contributed by atoms with Crippen molar-refractivity contribution >= 4 is 11.7 Å². The molecule has 98 valence electrons. The molecule has 0 radical (unpaired) electrons. The number of anilines is 1. The van der Waals surface area contributed by atoms with Crippen LogP contribution in [0.1, 0.15) is 11.6 Å². The first-order valence-corrected chi connectivity index (χ1v) is 5.85. The van der Waals surface area contributed by atoms with E-state index in [0.29, 0.717) is 5.69 Å². The van der Waals surface area contributed by atoms with Crippen LogP contribution in [0.2, 0.25) is 0 Å². The SMILES string of the molecule is COC(=O)C(Nc1cccc(F)c1)c1ccccc1. The molecule has 0 amide bonds. The van der Waals surface area contributed by atoms with E-state index in [4.69, 9.17) is 4.74 Å². The molecular formula is C15H14FNO2. The fraction of sp³-hybridized carbons (Fsp3) is 0.133. The van der Waals surface area contributed by atoms with Gasteiger partial charge in [0.05, 0.1) is 7.11 Å². The van der Waals surface area contributed by atoms with Gasteiger partial charge in [-0.3, -0.25) is 0 Å². The lowest BCUT2D eigenvalue weighted by Gasteiger charge is -2.18. The van der Waals surface area contributed by atoms with Gasteiger partial charge in [0.2, 0.25) is 0 Å². The number of hydrogen-bond donors (Lipinski definition) is 1. The van der Waals surface area contributed by atoms with Crippen LogP contribution in [0.4, 0.5) is 10.1 Å². The zero-order valence-electron chi connectivity index (χ0n) is 10.5. The van der Waals surface area contributed by atoms with Crippen molar-refractivity contribution in [2.24, 2.45) is 0 Å². The highest BCUT2D eigenvalue weighted by Crippen LogP contribution is 2.21. The zero-order valence-corrected chi connectivity index (χ0v) is 10.5. The van der Waals surface area contributed by atoms with E-state index >= 15 is 0 Å². The Morgan fingerprint density at radius 1 is 1.16 bits per heavy atom. The van der Waals surface area contributed by atoms with Crippen LogP contribution in [0, 0.1) is 5.82 Å². The lowest BCUT2D eigenvalue weighted by molar-refractivity contribution is -0.141. The normalized spacial score (nSPS) is 11.7. The second-order valence-corrected chi connectivity index (χ2v) is 4.02. The van der Waals surface area contributed by atoms with Crippen molar-refractivity contribution in [3.8, 4) is 0 Å². The third-order valence-electron chi connectivity index (χ3n) is 2.71. The zero-order chi connectivity index (χ0) is 13.7. The Bertz CT molecular complexity index is 557. The molecule has 0 spiro atoms. The molecule has 1 unspecified atom stereocenters. The van der Waals surface area contributed by atoms with E-state index in [9.17, 15) is 9.18 Å². The van der Waals surface area contributed by atoms with E-state index in [1.807, 2.05) is 30.3 Å². The summed E-state index contributed by atoms with van der Waals surface area (Å²) in [5.74, 6) is -0.780. The molecule has 2 aromatic rings. The number of benzene rings is 2. The van der Waals surface area contributed by atoms with E-state index in [0.717, 1.165) is 5.56 Å². The Morgan fingerprint density at radius 2 is 1.89 bits per heavy atom. The Labute approximate surface area is 111 Å². The molecule has 3 nitrogen and oxygen atoms in total. The average Bonchev–Trinajstić information content (AvgIpc) is 2.45. The number of halogens is 1. The second kappa shape index (κ2) is 6.00. The van der Waals surface area contributed by atoms with Gasteiger partial charge in [0.25, 0.3) is 0 Å². The molecule has 1 atom stereocenters. The van der Waals surface area contributed by atoms with Gasteiger partial charge >= 0.3 is 5.97 Å². The average molecular weight is 259 g/mol. The molecule has 0 aliphatic carbocycles. The quantitative estimate of drug-likeness (QED) is 0.857. The minimum Gasteiger partial charge on any atom is -0.467 e. The van der Waals surface area contributed by atoms with Crippen LogP contribution in [-0.2, 0) is 9.53 Å². The van der Waals surface area contributed by atoms with Gasteiger partial charge in [0.15, 0.2) is 6.04 Å². The third kappa shape index (κ3) is 3.31. The smallest absolute Gasteiger partial charge is 0.332 e. The topological polar surface area (TPSA) is 38.3 Å². The van der Waals surface area contributed by atoms with Crippen molar-refractivity contribution in [3.05, 3.63) is 66.0 Å². The summed E-state index contributed by atoms with van der Waals surface area (Å²) < 4.78 is 17.9. The molecule has 2 rings (SSSR count). The maximum Gasteiger partial charge on any atom is 0.332 e. The molecule has 0 saturated heterocycles. The van der Waals surface area contributed by atoms with Crippen molar-refractivity contribution in [1.29, 1.82) is 0 Å². The van der Waals surface area contributed by atoms with Crippen LogP contribution < -0.4 is 5.32 Å². The summed E-state index contributed by atoms with van der Waals surface area (Å²) in [5, 5.41) is 2.97. The lowest BCUT2D eigenvalue weighted by Crippen LogP contribution is -2.22. The first-order valence-electron chi connectivity index (χ1n) is 5.85. The fourth-order valence-electron chi connectivity index (χ4n) is 1.79. The Morgan fingerprint density at radius 3 is 2.53 bits per heavy atom. The summed E-state index contributed by atoms with van der Waals surface area (Å²) >= 11 is 0. The maximum absolute atomic E-state index is 13.1. The number of esters is 1. The van der Waals surface area contributed by atoms with Crippen molar-refractivity contribution in [3.63, 3.8) is 0 Å². The van der Waals surface area contributed by atoms with Crippen LogP contribution in [0.5, 0.6) is 0 Å². The molecule has 0 aliphatic rings. The van der Waals surface area contributed by atoms with E-state index < -0.39 is 12.0 Å². The lowest BCUT2D eigenvalue weighted by atomic mass is 10.1. The molecule has 0 bridgehead atoms. The predicted molar refractivity (Wildman–Crippen MR) is 71.2 cm³/mol. The van der Waals surface area contributed by atoms with Gasteiger partial charge in [0, 0.05) is 5.69 Å². The minimum atomic E-state index is -0.659. The van der Waals surface area contributed by atoms with Gasteiger partial charge in [-0.1, -0.05) is 36.4 Å². The van der Waals surface area contributed by atoms with E-state index in [1.165, 1.54) is 19.2 Å². The molecule has 0 heterocycles. The largest absolute Gasteiger partial charge is 0.467 e. The van der Waals surface area contributed by atoms with Gasteiger partial charge in [-0.2, -0.15) is 0 Å². The molecule has 1 N–H and O–H groups in total. The van der Waals surface area contributed by atoms with Crippen LogP contribution >= 0.6 is 0 Å². The summed E-state index contributed by atoms with van der Waals surface area (Å²) in [4.78, 5) is 11.8. The molecular weight excluding hydrogens is 245 g/mol. The summed E-state index contributed by atoms with van der Waals surface area (Å²) in [6.07, 6.45) is 0. The molecule has 0 aliphatic heterocycles. The van der Waals surface area contributed by atoms with Gasteiger partial charge in [-0.25, -0.2) is 9.18 Å². The first-order chi connectivity index (χ1) is 9.20. The highest BCUT2D eigenvalue weighted by molar-refractivity contribution is 5.81. The van der Waals surface area contributed by atoms with Crippen molar-refractivity contribution in [2.45, 2.75) is 6.04 Å². The number of carbonyl (C=O) groups excluding carboxylic acids is 1. The number of ether oxygens (including phenoxy) is 1. The van der Waals surface area contributed by atoms with Crippen molar-refractivity contribution in [2.75, 3.05) is 12.4 Å². The summed E-state index contributed by atoms with van der Waals surface area (Å²) in [6.45, 7) is 0. The number of methoxy groups -OCH3 is 1. The summed E-state index contributed by atoms with van der Waals surface area (Å²) in [5.41, 5.74) is 1.29. The van der Waals surface area contributed by atoms with Crippen LogP contribution in [-0.4, -0.2) is 13.1 Å². The van der Waals surface area contributed by atoms with E-state index in [1.54, 1.807) is 12.1 Å². The third-order valence-corrected chi connectivity index (χ3v) is 2.71. The van der Waals surface area contributed by atoms with Gasteiger partial charge in [-0.05, 0) is 23.8 Å². The molecule has 0 fully saturated rings. The fourth-order valence-corrected chi connectivity index (χ4v) is 1.79. The van der Waals surface area contributed by atoms with E-state index in [-0.39, 0.29) is 5.82 Å². The number of carbonyl (C=O) groups is 1. The molecule has 0 aromatic heterocycles. The standard InChI is InChI=1S/C15H14FNO2/c1-19-15(18)14(11-6-3-2-4-7-11)17-13-9-5-8-12(16)10-13/h2-10,14,17H,1H3. The molecule has 2 aromatic carbocycles. The number of nitrogens with one attached hydrogen (secondary N) is 1. The first kappa shape index (κ1) is 13.1. The monoisotopic (exact) mass is 259 g/mol. The molecule has 0 saturated carbocycles. The van der Waals surface area contributed by atoms with Crippen LogP contribution in [0.3, 0.4) is 0 Å². The maximum atomic E-state index is 13.1. The van der Waals surface area contributed by atoms with E-state index in [2.05, 4.69) is 5.32 Å². The Hall–Kier alpha value is -2.36. The van der Waals surface area contributed by atoms with Gasteiger partial charge < -0.3 is 10.1 Å². The Balaban J connectivity index is 2.27. The second-order valence-electron chi connectivity index (χ2n) is 4.02. The predicted octanol–water partition coefficient (Wildman–Crippen LogP) is 3.15. The number of rotatable bonds is 4. The minimum absolute atomic E-state index is 0.360.